The Kier molecular flexibility index (Phi) is 3.52. The second-order valence-corrected chi connectivity index (χ2v) is 8.24. The molecular weight excluding hydrogens is 376 g/mol. The zero-order valence-electron chi connectivity index (χ0n) is 14.6. The molecule has 0 bridgehead atoms. The van der Waals surface area contributed by atoms with Gasteiger partial charge in [-0.05, 0) is 49.9 Å². The van der Waals surface area contributed by atoms with Crippen LogP contribution in [0.4, 0.5) is 0 Å². The molecule has 5 rings (SSSR count). The van der Waals surface area contributed by atoms with Crippen LogP contribution in [0.5, 0.6) is 0 Å². The van der Waals surface area contributed by atoms with Gasteiger partial charge in [0.15, 0.2) is 5.78 Å². The smallest absolute Gasteiger partial charge is 0.189 e. The number of Topliss-reactive ketones (excluding diaryl/α,β-unsaturated/α-hetero) is 1. The van der Waals surface area contributed by atoms with E-state index in [1.807, 2.05) is 0 Å². The summed E-state index contributed by atoms with van der Waals surface area (Å²) in [6, 6.07) is 9.05. The predicted molar refractivity (Wildman–Crippen MR) is 105 cm³/mol. The summed E-state index contributed by atoms with van der Waals surface area (Å²) in [5.41, 5.74) is 5.07. The summed E-state index contributed by atoms with van der Waals surface area (Å²) >= 11 is 3.41. The summed E-state index contributed by atoms with van der Waals surface area (Å²) < 4.78 is 2.30. The van der Waals surface area contributed by atoms with Crippen molar-refractivity contribution in [3.8, 4) is 0 Å². The molecular formula is C21H23BrN2O. The number of halogens is 1. The van der Waals surface area contributed by atoms with Gasteiger partial charge in [-0.2, -0.15) is 0 Å². The van der Waals surface area contributed by atoms with Crippen molar-refractivity contribution in [1.82, 2.24) is 9.47 Å². The molecule has 0 spiro atoms. The Morgan fingerprint density at radius 2 is 2.16 bits per heavy atom. The molecule has 2 aromatic rings. The molecule has 3 aliphatic rings. The highest BCUT2D eigenvalue weighted by Crippen LogP contribution is 2.57. The SMILES string of the molecule is CC[C@@]12C=C(C(=O)CBr)n3c4c(c5ccccc53)CCN(CCC1)[C@H]42. The first-order valence-corrected chi connectivity index (χ1v) is 10.5. The minimum atomic E-state index is 0.102. The average Bonchev–Trinajstić information content (AvgIpc) is 3.01. The Balaban J connectivity index is 1.89. The van der Waals surface area contributed by atoms with E-state index in [2.05, 4.69) is 62.7 Å². The van der Waals surface area contributed by atoms with Gasteiger partial charge in [-0.1, -0.05) is 41.1 Å². The Morgan fingerprint density at radius 1 is 1.32 bits per heavy atom. The van der Waals surface area contributed by atoms with E-state index >= 15 is 0 Å². The van der Waals surface area contributed by atoms with E-state index in [4.69, 9.17) is 0 Å². The lowest BCUT2D eigenvalue weighted by molar-refractivity contribution is -0.111. The second kappa shape index (κ2) is 5.55. The van der Waals surface area contributed by atoms with Crippen molar-refractivity contribution in [1.29, 1.82) is 0 Å². The number of hydrogen-bond acceptors (Lipinski definition) is 2. The van der Waals surface area contributed by atoms with Gasteiger partial charge >= 0.3 is 0 Å². The van der Waals surface area contributed by atoms with Gasteiger partial charge in [0.1, 0.15) is 0 Å². The third kappa shape index (κ3) is 1.98. The number of alkyl halides is 1. The quantitative estimate of drug-likeness (QED) is 0.708. The molecule has 0 unspecified atom stereocenters. The highest BCUT2D eigenvalue weighted by atomic mass is 79.9. The van der Waals surface area contributed by atoms with Crippen LogP contribution in [0.3, 0.4) is 0 Å². The number of hydrogen-bond donors (Lipinski definition) is 0. The van der Waals surface area contributed by atoms with E-state index in [0.717, 1.165) is 25.1 Å². The summed E-state index contributed by atoms with van der Waals surface area (Å²) in [6.45, 7) is 4.62. The molecule has 0 radical (unpaired) electrons. The van der Waals surface area contributed by atoms with Crippen molar-refractivity contribution in [2.45, 2.75) is 38.6 Å². The van der Waals surface area contributed by atoms with Gasteiger partial charge in [0.25, 0.3) is 0 Å². The van der Waals surface area contributed by atoms with E-state index in [0.29, 0.717) is 11.4 Å². The molecule has 0 aliphatic carbocycles. The number of benzene rings is 1. The van der Waals surface area contributed by atoms with Crippen molar-refractivity contribution < 1.29 is 4.79 Å². The van der Waals surface area contributed by atoms with Crippen molar-refractivity contribution in [2.24, 2.45) is 5.41 Å². The van der Waals surface area contributed by atoms with Gasteiger partial charge in [0, 0.05) is 23.0 Å². The molecule has 3 aliphatic heterocycles. The topological polar surface area (TPSA) is 25.2 Å². The number of fused-ring (bicyclic) bond motifs is 3. The largest absolute Gasteiger partial charge is 0.309 e. The number of allylic oxidation sites excluding steroid dienone is 1. The van der Waals surface area contributed by atoms with Gasteiger partial charge < -0.3 is 4.57 Å². The number of piperidine rings is 1. The van der Waals surface area contributed by atoms with E-state index < -0.39 is 0 Å². The summed E-state index contributed by atoms with van der Waals surface area (Å²) in [5, 5.41) is 1.72. The molecule has 25 heavy (non-hydrogen) atoms. The number of carbonyl (C=O) groups is 1. The Hall–Kier alpha value is -1.39. The van der Waals surface area contributed by atoms with E-state index in [1.165, 1.54) is 41.5 Å². The van der Waals surface area contributed by atoms with Crippen LogP contribution in [-0.2, 0) is 11.2 Å². The summed E-state index contributed by atoms with van der Waals surface area (Å²) in [4.78, 5) is 15.5. The lowest BCUT2D eigenvalue weighted by Gasteiger charge is -2.53. The van der Waals surface area contributed by atoms with Crippen LogP contribution in [0.15, 0.2) is 30.3 Å². The van der Waals surface area contributed by atoms with Crippen LogP contribution in [0.1, 0.15) is 43.5 Å². The highest BCUT2D eigenvalue weighted by Gasteiger charge is 2.50. The monoisotopic (exact) mass is 398 g/mol. The predicted octanol–water partition coefficient (Wildman–Crippen LogP) is 4.55. The van der Waals surface area contributed by atoms with Crippen molar-refractivity contribution in [2.75, 3.05) is 18.4 Å². The van der Waals surface area contributed by atoms with E-state index in [1.54, 1.807) is 0 Å². The molecule has 0 N–H and O–H groups in total. The van der Waals surface area contributed by atoms with Crippen LogP contribution >= 0.6 is 15.9 Å². The van der Waals surface area contributed by atoms with Crippen LogP contribution in [-0.4, -0.2) is 33.7 Å². The zero-order chi connectivity index (χ0) is 17.2. The molecule has 130 valence electrons. The minimum absolute atomic E-state index is 0.102. The fourth-order valence-corrected chi connectivity index (χ4v) is 5.84. The number of aromatic nitrogens is 1. The third-order valence-corrected chi connectivity index (χ3v) is 7.17. The number of para-hydroxylation sites is 1. The lowest BCUT2D eigenvalue weighted by Crippen LogP contribution is -2.51. The van der Waals surface area contributed by atoms with E-state index in [9.17, 15) is 4.79 Å². The zero-order valence-corrected chi connectivity index (χ0v) is 16.2. The summed E-state index contributed by atoms with van der Waals surface area (Å²) in [5.74, 6) is 0.192. The summed E-state index contributed by atoms with van der Waals surface area (Å²) in [7, 11) is 0. The summed E-state index contributed by atoms with van der Waals surface area (Å²) in [6.07, 6.45) is 6.93. The maximum absolute atomic E-state index is 12.9. The van der Waals surface area contributed by atoms with Crippen LogP contribution in [0.2, 0.25) is 0 Å². The first-order valence-electron chi connectivity index (χ1n) is 9.39. The highest BCUT2D eigenvalue weighted by molar-refractivity contribution is 9.09. The fourth-order valence-electron chi connectivity index (χ4n) is 5.55. The van der Waals surface area contributed by atoms with Gasteiger partial charge in [0.2, 0.25) is 0 Å². The first-order chi connectivity index (χ1) is 12.2. The Morgan fingerprint density at radius 3 is 2.96 bits per heavy atom. The fraction of sp³-hybridized carbons (Fsp3) is 0.476. The Labute approximate surface area is 156 Å². The Bertz CT molecular complexity index is 912. The van der Waals surface area contributed by atoms with E-state index in [-0.39, 0.29) is 11.2 Å². The van der Waals surface area contributed by atoms with Crippen LogP contribution in [0, 0.1) is 5.41 Å². The third-order valence-electron chi connectivity index (χ3n) is 6.66. The van der Waals surface area contributed by atoms with Crippen molar-refractivity contribution in [3.05, 3.63) is 41.6 Å². The van der Waals surface area contributed by atoms with Crippen LogP contribution in [0.25, 0.3) is 16.6 Å². The molecule has 1 fully saturated rings. The number of ketones is 1. The molecule has 1 aromatic heterocycles. The lowest BCUT2D eigenvalue weighted by atomic mass is 9.66. The first kappa shape index (κ1) is 15.8. The average molecular weight is 399 g/mol. The van der Waals surface area contributed by atoms with Crippen molar-refractivity contribution >= 4 is 38.3 Å². The van der Waals surface area contributed by atoms with Crippen molar-refractivity contribution in [3.63, 3.8) is 0 Å². The number of nitrogens with zero attached hydrogens (tertiary/aromatic N) is 2. The van der Waals surface area contributed by atoms with Gasteiger partial charge in [0.05, 0.1) is 22.6 Å². The van der Waals surface area contributed by atoms with Gasteiger partial charge in [-0.3, -0.25) is 9.69 Å². The van der Waals surface area contributed by atoms with Crippen LogP contribution < -0.4 is 0 Å². The normalized spacial score (nSPS) is 27.9. The standard InChI is InChI=1S/C21H23BrN2O/c1-2-21-9-5-10-23-11-8-15-14-6-3-4-7-16(14)24(19(15)20(21)23)17(12-21)18(25)13-22/h3-4,6-7,12,20H,2,5,8-11,13H2,1H3/t20-,21+/m1/s1. The molecule has 0 amide bonds. The molecule has 1 saturated heterocycles. The molecule has 4 heteroatoms. The van der Waals surface area contributed by atoms with Gasteiger partial charge in [-0.15, -0.1) is 0 Å². The number of carbonyl (C=O) groups excluding carboxylic acids is 1. The molecule has 1 aromatic carbocycles. The molecule has 3 nitrogen and oxygen atoms in total. The number of rotatable bonds is 3. The maximum Gasteiger partial charge on any atom is 0.189 e. The van der Waals surface area contributed by atoms with Gasteiger partial charge in [-0.25, -0.2) is 0 Å². The maximum atomic E-state index is 12.9. The molecule has 2 atom stereocenters. The minimum Gasteiger partial charge on any atom is -0.309 e. The molecule has 4 heterocycles. The second-order valence-electron chi connectivity index (χ2n) is 7.68. The molecule has 0 saturated carbocycles.